The van der Waals surface area contributed by atoms with E-state index in [1.54, 1.807) is 0 Å². The zero-order valence-electron chi connectivity index (χ0n) is 2.73. The zero-order valence-corrected chi connectivity index (χ0v) is 3.63. The van der Waals surface area contributed by atoms with Gasteiger partial charge in [-0.05, 0) is 14.2 Å². The minimum Gasteiger partial charge on any atom is -0.246 e. The third kappa shape index (κ3) is 0.690. The van der Waals surface area contributed by atoms with Crippen molar-refractivity contribution < 1.29 is 0 Å². The van der Waals surface area contributed by atoms with Gasteiger partial charge in [0.25, 0.3) is 0 Å². The first-order valence-electron chi connectivity index (χ1n) is 1.49. The molecule has 0 saturated carbocycles. The summed E-state index contributed by atoms with van der Waals surface area (Å²) in [5.41, 5.74) is 2.90. The Kier molecular flexibility index (Phi) is 0.991. The quantitative estimate of drug-likeness (QED) is 0.399. The molecule has 0 aromatic carbocycles. The van der Waals surface area contributed by atoms with Crippen molar-refractivity contribution in [1.82, 2.24) is 10.6 Å². The first-order chi connectivity index (χ1) is 2.50. The summed E-state index contributed by atoms with van der Waals surface area (Å²) in [5, 5.41) is 2.89. The van der Waals surface area contributed by atoms with Gasteiger partial charge >= 0.3 is 0 Å². The molecular formula is C2H5N2P. The smallest absolute Gasteiger partial charge is 0.0342 e. The number of hydrazine groups is 1. The minimum atomic E-state index is 1.00. The van der Waals surface area contributed by atoms with Crippen LogP contribution in [0.4, 0.5) is 0 Å². The molecule has 0 bridgehead atoms. The van der Waals surface area contributed by atoms with Crippen LogP contribution in [0.25, 0.3) is 0 Å². The van der Waals surface area contributed by atoms with Gasteiger partial charge in [-0.25, -0.2) is 10.6 Å². The van der Waals surface area contributed by atoms with E-state index in [0.717, 1.165) is 6.54 Å². The molecule has 0 saturated heterocycles. The van der Waals surface area contributed by atoms with Crippen molar-refractivity contribution >= 4 is 14.2 Å². The highest BCUT2D eigenvalue weighted by Gasteiger charge is 1.80. The summed E-state index contributed by atoms with van der Waals surface area (Å²) in [7, 11) is 1.21. The second kappa shape index (κ2) is 1.51. The summed E-state index contributed by atoms with van der Waals surface area (Å²) in [6.07, 6.45) is 0. The molecule has 1 aliphatic heterocycles. The molecule has 0 aromatic rings. The van der Waals surface area contributed by atoms with Gasteiger partial charge in [0.2, 0.25) is 0 Å². The molecule has 0 amide bonds. The Hall–Kier alpha value is 0.0900. The first-order valence-corrected chi connectivity index (χ1v) is 2.46. The van der Waals surface area contributed by atoms with E-state index in [-0.39, 0.29) is 0 Å². The molecule has 0 unspecified atom stereocenters. The van der Waals surface area contributed by atoms with Gasteiger partial charge in [-0.15, -0.1) is 0 Å². The lowest BCUT2D eigenvalue weighted by Crippen LogP contribution is -2.17. The molecule has 2 nitrogen and oxygen atoms in total. The van der Waals surface area contributed by atoms with Gasteiger partial charge in [0.15, 0.2) is 0 Å². The van der Waals surface area contributed by atoms with Crippen LogP contribution in [0, 0.1) is 0 Å². The van der Waals surface area contributed by atoms with Crippen molar-refractivity contribution in [3.63, 3.8) is 0 Å². The third-order valence-corrected chi connectivity index (χ3v) is 1.08. The lowest BCUT2D eigenvalue weighted by molar-refractivity contribution is 0.794. The zero-order chi connectivity index (χ0) is 3.54. The van der Waals surface area contributed by atoms with Crippen LogP contribution in [0.1, 0.15) is 0 Å². The average Bonchev–Trinajstić information content (AvgIpc) is 1.76. The molecule has 0 radical (unpaired) electrons. The molecule has 0 aliphatic carbocycles. The molecule has 0 atom stereocenters. The second-order valence-electron chi connectivity index (χ2n) is 0.804. The average molecular weight is 88.0 g/mol. The van der Waals surface area contributed by atoms with Crippen LogP contribution in [-0.2, 0) is 0 Å². The molecule has 0 fully saturated rings. The Balaban J connectivity index is 2.32. The van der Waals surface area contributed by atoms with Crippen LogP contribution >= 0.6 is 8.35 Å². The summed E-state index contributed by atoms with van der Waals surface area (Å²) in [5.74, 6) is 2.11. The van der Waals surface area contributed by atoms with E-state index in [0.29, 0.717) is 0 Å². The van der Waals surface area contributed by atoms with Gasteiger partial charge in [-0.1, -0.05) is 0 Å². The van der Waals surface area contributed by atoms with E-state index in [2.05, 4.69) is 16.4 Å². The molecule has 1 rings (SSSR count). The maximum absolute atomic E-state index is 2.90. The highest BCUT2D eigenvalue weighted by atomic mass is 31.1. The SMILES string of the molecule is C1=PNNC1. The van der Waals surface area contributed by atoms with Gasteiger partial charge in [0.1, 0.15) is 0 Å². The normalized spacial score (nSPS) is 24.0. The van der Waals surface area contributed by atoms with Crippen molar-refractivity contribution in [2.45, 2.75) is 0 Å². The van der Waals surface area contributed by atoms with E-state index >= 15 is 0 Å². The number of hydrogen-bond donors (Lipinski definition) is 2. The van der Waals surface area contributed by atoms with E-state index in [1.807, 2.05) is 0 Å². The van der Waals surface area contributed by atoms with Gasteiger partial charge < -0.3 is 0 Å². The largest absolute Gasteiger partial charge is 0.246 e. The molecule has 0 spiro atoms. The van der Waals surface area contributed by atoms with E-state index in [1.165, 1.54) is 8.35 Å². The van der Waals surface area contributed by atoms with Crippen LogP contribution in [0.15, 0.2) is 0 Å². The van der Waals surface area contributed by atoms with Gasteiger partial charge in [-0.2, -0.15) is 0 Å². The highest BCUT2D eigenvalue weighted by molar-refractivity contribution is 7.36. The van der Waals surface area contributed by atoms with E-state index in [4.69, 9.17) is 0 Å². The fourth-order valence-electron chi connectivity index (χ4n) is 0.228. The number of hydrogen-bond acceptors (Lipinski definition) is 2. The van der Waals surface area contributed by atoms with Crippen molar-refractivity contribution in [1.29, 1.82) is 0 Å². The molecule has 2 N–H and O–H groups in total. The maximum atomic E-state index is 2.90. The minimum absolute atomic E-state index is 1.00. The van der Waals surface area contributed by atoms with Crippen LogP contribution in [0.5, 0.6) is 0 Å². The van der Waals surface area contributed by atoms with E-state index in [9.17, 15) is 0 Å². The molecule has 3 heteroatoms. The van der Waals surface area contributed by atoms with Gasteiger partial charge in [0.05, 0.1) is 0 Å². The summed E-state index contributed by atoms with van der Waals surface area (Å²) < 4.78 is 0. The topological polar surface area (TPSA) is 24.1 Å². The Morgan fingerprint density at radius 3 is 3.00 bits per heavy atom. The summed E-state index contributed by atoms with van der Waals surface area (Å²) in [6.45, 7) is 1.00. The molecule has 0 aromatic heterocycles. The van der Waals surface area contributed by atoms with Crippen LogP contribution < -0.4 is 10.6 Å². The fraction of sp³-hybridized carbons (Fsp3) is 0.500. The molecule has 28 valence electrons. The molecule has 1 aliphatic rings. The Morgan fingerprint density at radius 1 is 1.80 bits per heavy atom. The second-order valence-corrected chi connectivity index (χ2v) is 1.65. The standard InChI is InChI=1S/C2H5N2P/c1-2-5-4-3-1/h2-4H,1H2. The predicted molar refractivity (Wildman–Crippen MR) is 24.1 cm³/mol. The van der Waals surface area contributed by atoms with Crippen molar-refractivity contribution in [3.05, 3.63) is 0 Å². The summed E-state index contributed by atoms with van der Waals surface area (Å²) >= 11 is 0. The van der Waals surface area contributed by atoms with Crippen LogP contribution in [-0.4, -0.2) is 12.3 Å². The monoisotopic (exact) mass is 88.0 g/mol. The molecule has 5 heavy (non-hydrogen) atoms. The lowest BCUT2D eigenvalue weighted by Gasteiger charge is -1.80. The van der Waals surface area contributed by atoms with Crippen molar-refractivity contribution in [3.8, 4) is 0 Å². The van der Waals surface area contributed by atoms with Crippen molar-refractivity contribution in [2.75, 3.05) is 6.54 Å². The third-order valence-electron chi connectivity index (χ3n) is 0.428. The lowest BCUT2D eigenvalue weighted by atomic mass is 10.8. The van der Waals surface area contributed by atoms with E-state index < -0.39 is 0 Å². The first kappa shape index (κ1) is 3.29. The molecular weight excluding hydrogens is 83.0 g/mol. The number of nitrogens with one attached hydrogen (secondary N) is 2. The predicted octanol–water partition coefficient (Wildman–Crippen LogP) is -0.242. The van der Waals surface area contributed by atoms with Crippen LogP contribution in [0.3, 0.4) is 0 Å². The maximum Gasteiger partial charge on any atom is 0.0342 e. The fourth-order valence-corrected chi connectivity index (χ4v) is 0.685. The van der Waals surface area contributed by atoms with Crippen molar-refractivity contribution in [2.24, 2.45) is 0 Å². The summed E-state index contributed by atoms with van der Waals surface area (Å²) in [4.78, 5) is 0. The highest BCUT2D eigenvalue weighted by Crippen LogP contribution is 1.82. The van der Waals surface area contributed by atoms with Gasteiger partial charge in [-0.3, -0.25) is 0 Å². The molecule has 1 heterocycles. The Morgan fingerprint density at radius 2 is 2.80 bits per heavy atom. The number of rotatable bonds is 0. The Bertz CT molecular complexity index is 45.6. The van der Waals surface area contributed by atoms with Gasteiger partial charge in [0, 0.05) is 6.54 Å². The van der Waals surface area contributed by atoms with Crippen LogP contribution in [0.2, 0.25) is 0 Å². The summed E-state index contributed by atoms with van der Waals surface area (Å²) in [6, 6.07) is 0. The Labute approximate surface area is 32.4 Å².